The standard InChI is InChI=1S/C31H18N4S/c1-2-9-20-18-21(17-16-19(20)8-1)28-29(33-24-12-4-3-11-23(24)32-28)22-10-7-15-27-30(22)36-31-34-25-13-5-6-14-26(25)35(27)31/h1-18H. The zero-order valence-corrected chi connectivity index (χ0v) is 19.9. The SMILES string of the molecule is c1ccc2cc(-c3nc4ccccc4nc3-c3cccc4c3sc3nc5ccccc5n34)ccc2c1. The van der Waals surface area contributed by atoms with E-state index in [4.69, 9.17) is 15.0 Å². The summed E-state index contributed by atoms with van der Waals surface area (Å²) in [6.45, 7) is 0. The molecule has 8 aromatic rings. The highest BCUT2D eigenvalue weighted by Crippen LogP contribution is 2.40. The normalized spacial score (nSPS) is 11.9. The minimum absolute atomic E-state index is 0.890. The van der Waals surface area contributed by atoms with Crippen molar-refractivity contribution in [1.82, 2.24) is 19.4 Å². The van der Waals surface area contributed by atoms with Crippen LogP contribution in [0.3, 0.4) is 0 Å². The first kappa shape index (κ1) is 19.7. The predicted octanol–water partition coefficient (Wildman–Crippen LogP) is 8.13. The number of aromatic nitrogens is 4. The molecule has 0 saturated carbocycles. The molecule has 5 heteroatoms. The van der Waals surface area contributed by atoms with Crippen LogP contribution in [0.5, 0.6) is 0 Å². The van der Waals surface area contributed by atoms with Gasteiger partial charge in [-0.15, -0.1) is 0 Å². The van der Waals surface area contributed by atoms with Crippen molar-refractivity contribution in [3.8, 4) is 22.5 Å². The molecule has 3 aromatic heterocycles. The summed E-state index contributed by atoms with van der Waals surface area (Å²) in [6, 6.07) is 37.8. The fourth-order valence-electron chi connectivity index (χ4n) is 5.12. The van der Waals surface area contributed by atoms with Gasteiger partial charge in [0.25, 0.3) is 0 Å². The van der Waals surface area contributed by atoms with Gasteiger partial charge in [0.15, 0.2) is 4.96 Å². The number of para-hydroxylation sites is 4. The van der Waals surface area contributed by atoms with Crippen molar-refractivity contribution >= 4 is 59.4 Å². The molecule has 0 atom stereocenters. The van der Waals surface area contributed by atoms with Gasteiger partial charge in [0.05, 0.1) is 43.7 Å². The van der Waals surface area contributed by atoms with Crippen LogP contribution in [0.15, 0.2) is 109 Å². The average molecular weight is 479 g/mol. The minimum Gasteiger partial charge on any atom is -0.283 e. The summed E-state index contributed by atoms with van der Waals surface area (Å²) < 4.78 is 3.42. The Morgan fingerprint density at radius 2 is 1.22 bits per heavy atom. The van der Waals surface area contributed by atoms with Crippen LogP contribution in [0.4, 0.5) is 0 Å². The van der Waals surface area contributed by atoms with Crippen molar-refractivity contribution < 1.29 is 0 Å². The first-order valence-corrected chi connectivity index (χ1v) is 12.7. The van der Waals surface area contributed by atoms with Crippen molar-refractivity contribution in [2.24, 2.45) is 0 Å². The highest BCUT2D eigenvalue weighted by molar-refractivity contribution is 7.24. The second kappa shape index (κ2) is 7.44. The number of benzene rings is 5. The summed E-state index contributed by atoms with van der Waals surface area (Å²) in [4.78, 5) is 16.2. The van der Waals surface area contributed by atoms with E-state index in [9.17, 15) is 0 Å². The topological polar surface area (TPSA) is 43.1 Å². The average Bonchev–Trinajstić information content (AvgIpc) is 3.48. The zero-order valence-electron chi connectivity index (χ0n) is 19.1. The van der Waals surface area contributed by atoms with Crippen LogP contribution in [-0.2, 0) is 0 Å². The molecule has 0 bridgehead atoms. The number of hydrogen-bond acceptors (Lipinski definition) is 4. The molecule has 36 heavy (non-hydrogen) atoms. The van der Waals surface area contributed by atoms with E-state index in [0.717, 1.165) is 59.8 Å². The number of hydrogen-bond donors (Lipinski definition) is 0. The van der Waals surface area contributed by atoms with E-state index in [1.165, 1.54) is 10.8 Å². The second-order valence-corrected chi connectivity index (χ2v) is 9.92. The molecule has 0 aliphatic rings. The maximum atomic E-state index is 5.18. The molecule has 0 aliphatic carbocycles. The number of rotatable bonds is 2. The molecule has 0 fully saturated rings. The van der Waals surface area contributed by atoms with Gasteiger partial charge in [-0.25, -0.2) is 15.0 Å². The van der Waals surface area contributed by atoms with Crippen LogP contribution < -0.4 is 0 Å². The van der Waals surface area contributed by atoms with Crippen LogP contribution >= 0.6 is 11.3 Å². The lowest BCUT2D eigenvalue weighted by molar-refractivity contribution is 1.30. The summed E-state index contributed by atoms with van der Waals surface area (Å²) in [5.74, 6) is 0. The van der Waals surface area contributed by atoms with Gasteiger partial charge < -0.3 is 0 Å². The van der Waals surface area contributed by atoms with E-state index in [1.807, 2.05) is 30.3 Å². The number of fused-ring (bicyclic) bond motifs is 7. The van der Waals surface area contributed by atoms with Crippen LogP contribution in [0.25, 0.3) is 70.5 Å². The van der Waals surface area contributed by atoms with Gasteiger partial charge in [0.2, 0.25) is 0 Å². The summed E-state index contributed by atoms with van der Waals surface area (Å²) in [5, 5.41) is 2.40. The van der Waals surface area contributed by atoms with Crippen LogP contribution in [0, 0.1) is 0 Å². The van der Waals surface area contributed by atoms with Crippen molar-refractivity contribution in [1.29, 1.82) is 0 Å². The molecule has 5 aromatic carbocycles. The van der Waals surface area contributed by atoms with E-state index in [2.05, 4.69) is 83.3 Å². The Labute approximate surface area is 210 Å². The lowest BCUT2D eigenvalue weighted by Crippen LogP contribution is -1.96. The molecule has 0 radical (unpaired) electrons. The minimum atomic E-state index is 0.890. The Bertz CT molecular complexity index is 2120. The number of thiazole rings is 1. The molecule has 0 N–H and O–H groups in total. The van der Waals surface area contributed by atoms with Crippen LogP contribution in [0.2, 0.25) is 0 Å². The van der Waals surface area contributed by atoms with Gasteiger partial charge in [0, 0.05) is 11.1 Å². The molecular weight excluding hydrogens is 460 g/mol. The summed E-state index contributed by atoms with van der Waals surface area (Å²) in [5.41, 5.74) is 8.98. The maximum absolute atomic E-state index is 5.18. The van der Waals surface area contributed by atoms with Crippen LogP contribution in [-0.4, -0.2) is 19.4 Å². The highest BCUT2D eigenvalue weighted by Gasteiger charge is 2.19. The van der Waals surface area contributed by atoms with Gasteiger partial charge in [-0.3, -0.25) is 4.40 Å². The smallest absolute Gasteiger partial charge is 0.195 e. The first-order chi connectivity index (χ1) is 17.8. The molecule has 0 spiro atoms. The van der Waals surface area contributed by atoms with Gasteiger partial charge in [0.1, 0.15) is 0 Å². The molecule has 168 valence electrons. The van der Waals surface area contributed by atoms with E-state index in [0.29, 0.717) is 0 Å². The fraction of sp³-hybridized carbons (Fsp3) is 0. The van der Waals surface area contributed by atoms with Crippen molar-refractivity contribution in [3.63, 3.8) is 0 Å². The lowest BCUT2D eigenvalue weighted by Gasteiger charge is -2.12. The molecule has 0 unspecified atom stereocenters. The van der Waals surface area contributed by atoms with E-state index in [-0.39, 0.29) is 0 Å². The third-order valence-corrected chi connectivity index (χ3v) is 7.90. The third kappa shape index (κ3) is 2.84. The third-order valence-electron chi connectivity index (χ3n) is 6.81. The van der Waals surface area contributed by atoms with E-state index >= 15 is 0 Å². The Morgan fingerprint density at radius 1 is 0.528 bits per heavy atom. The zero-order chi connectivity index (χ0) is 23.6. The molecule has 0 saturated heterocycles. The number of imidazole rings is 1. The largest absolute Gasteiger partial charge is 0.283 e. The Hall–Kier alpha value is -4.61. The van der Waals surface area contributed by atoms with Crippen molar-refractivity contribution in [2.75, 3.05) is 0 Å². The predicted molar refractivity (Wildman–Crippen MR) is 150 cm³/mol. The Balaban J connectivity index is 1.46. The Kier molecular flexibility index (Phi) is 4.07. The summed E-state index contributed by atoms with van der Waals surface area (Å²) in [7, 11) is 0. The van der Waals surface area contributed by atoms with Crippen molar-refractivity contribution in [3.05, 3.63) is 109 Å². The maximum Gasteiger partial charge on any atom is 0.195 e. The number of nitrogens with zero attached hydrogens (tertiary/aromatic N) is 4. The van der Waals surface area contributed by atoms with Gasteiger partial charge in [-0.05, 0) is 47.2 Å². The van der Waals surface area contributed by atoms with Crippen LogP contribution in [0.1, 0.15) is 0 Å². The first-order valence-electron chi connectivity index (χ1n) is 11.9. The molecule has 4 nitrogen and oxygen atoms in total. The summed E-state index contributed by atoms with van der Waals surface area (Å²) >= 11 is 1.70. The van der Waals surface area contributed by atoms with Gasteiger partial charge in [-0.1, -0.05) is 84.1 Å². The molecule has 3 heterocycles. The molecule has 0 amide bonds. The van der Waals surface area contributed by atoms with Crippen molar-refractivity contribution in [2.45, 2.75) is 0 Å². The second-order valence-electron chi connectivity index (χ2n) is 8.95. The molecular formula is C31H18N4S. The lowest BCUT2D eigenvalue weighted by atomic mass is 10.0. The molecule has 8 rings (SSSR count). The van der Waals surface area contributed by atoms with Gasteiger partial charge >= 0.3 is 0 Å². The van der Waals surface area contributed by atoms with E-state index < -0.39 is 0 Å². The molecule has 0 aliphatic heterocycles. The summed E-state index contributed by atoms with van der Waals surface area (Å²) in [6.07, 6.45) is 0. The Morgan fingerprint density at radius 3 is 2.08 bits per heavy atom. The highest BCUT2D eigenvalue weighted by atomic mass is 32.1. The fourth-order valence-corrected chi connectivity index (χ4v) is 6.27. The van der Waals surface area contributed by atoms with Gasteiger partial charge in [-0.2, -0.15) is 0 Å². The quantitative estimate of drug-likeness (QED) is 0.252. The monoisotopic (exact) mass is 478 g/mol. The van der Waals surface area contributed by atoms with E-state index in [1.54, 1.807) is 11.3 Å².